The van der Waals surface area contributed by atoms with E-state index in [9.17, 15) is 5.11 Å². The van der Waals surface area contributed by atoms with Crippen LogP contribution in [0.4, 0.5) is 0 Å². The molecule has 2 N–H and O–H groups in total. The first-order valence-electron chi connectivity index (χ1n) is 6.95. The first kappa shape index (κ1) is 15.9. The van der Waals surface area contributed by atoms with Crippen molar-refractivity contribution in [2.75, 3.05) is 59.7 Å². The van der Waals surface area contributed by atoms with Crippen LogP contribution in [-0.2, 0) is 9.47 Å². The Morgan fingerprint density at radius 2 is 2.17 bits per heavy atom. The van der Waals surface area contributed by atoms with Crippen LogP contribution < -0.4 is 5.32 Å². The van der Waals surface area contributed by atoms with E-state index in [1.165, 1.54) is 13.0 Å². The van der Waals surface area contributed by atoms with Gasteiger partial charge in [-0.25, -0.2) is 0 Å². The Morgan fingerprint density at radius 3 is 2.83 bits per heavy atom. The minimum Gasteiger partial charge on any atom is -0.389 e. The van der Waals surface area contributed by atoms with Crippen LogP contribution in [0, 0.1) is 5.92 Å². The van der Waals surface area contributed by atoms with Gasteiger partial charge in [0.25, 0.3) is 0 Å². The Labute approximate surface area is 110 Å². The molecule has 5 nitrogen and oxygen atoms in total. The average molecular weight is 260 g/mol. The molecule has 0 aromatic carbocycles. The van der Waals surface area contributed by atoms with Gasteiger partial charge < -0.3 is 24.8 Å². The summed E-state index contributed by atoms with van der Waals surface area (Å²) < 4.78 is 10.5. The van der Waals surface area contributed by atoms with Crippen molar-refractivity contribution in [2.24, 2.45) is 5.92 Å². The van der Waals surface area contributed by atoms with Crippen LogP contribution in [0.2, 0.25) is 0 Å². The smallest absolute Gasteiger partial charge is 0.0897 e. The third-order valence-electron chi connectivity index (χ3n) is 3.19. The van der Waals surface area contributed by atoms with Gasteiger partial charge in [0.05, 0.1) is 25.9 Å². The minimum atomic E-state index is -0.425. The van der Waals surface area contributed by atoms with Crippen LogP contribution >= 0.6 is 0 Å². The molecule has 1 aliphatic heterocycles. The third-order valence-corrected chi connectivity index (χ3v) is 3.19. The summed E-state index contributed by atoms with van der Waals surface area (Å²) in [5.41, 5.74) is 0. The lowest BCUT2D eigenvalue weighted by Crippen LogP contribution is -2.34. The quantitative estimate of drug-likeness (QED) is 0.539. The Hall–Kier alpha value is -0.200. The van der Waals surface area contributed by atoms with Gasteiger partial charge in [-0.05, 0) is 39.4 Å². The van der Waals surface area contributed by atoms with Gasteiger partial charge in [0.1, 0.15) is 0 Å². The maximum absolute atomic E-state index is 9.69. The molecule has 1 aliphatic rings. The first-order chi connectivity index (χ1) is 8.72. The van der Waals surface area contributed by atoms with Crippen molar-refractivity contribution in [1.82, 2.24) is 10.2 Å². The number of hydrogen-bond acceptors (Lipinski definition) is 5. The number of aliphatic hydroxyl groups excluding tert-OH is 1. The van der Waals surface area contributed by atoms with Gasteiger partial charge in [0.2, 0.25) is 0 Å². The van der Waals surface area contributed by atoms with Crippen molar-refractivity contribution in [3.63, 3.8) is 0 Å². The molecule has 1 saturated heterocycles. The lowest BCUT2D eigenvalue weighted by Gasteiger charge is -2.15. The second-order valence-corrected chi connectivity index (χ2v) is 5.00. The molecule has 5 heteroatoms. The van der Waals surface area contributed by atoms with Crippen molar-refractivity contribution >= 4 is 0 Å². The second kappa shape index (κ2) is 9.69. The monoisotopic (exact) mass is 260 g/mol. The van der Waals surface area contributed by atoms with Crippen molar-refractivity contribution in [1.29, 1.82) is 0 Å². The Morgan fingerprint density at radius 1 is 1.39 bits per heavy atom. The van der Waals surface area contributed by atoms with Crippen LogP contribution in [0.25, 0.3) is 0 Å². The van der Waals surface area contributed by atoms with Crippen molar-refractivity contribution < 1.29 is 14.6 Å². The standard InChI is InChI=1S/C13H28N2O3/c1-3-17-6-7-18-11-13(16)9-14-8-12-4-5-15(2)10-12/h12-14,16H,3-11H2,1-2H3. The highest BCUT2D eigenvalue weighted by molar-refractivity contribution is 4.75. The highest BCUT2D eigenvalue weighted by Crippen LogP contribution is 2.12. The zero-order valence-corrected chi connectivity index (χ0v) is 11.7. The first-order valence-corrected chi connectivity index (χ1v) is 6.95. The number of nitrogens with zero attached hydrogens (tertiary/aromatic N) is 1. The molecule has 108 valence electrons. The number of rotatable bonds is 10. The molecule has 1 rings (SSSR count). The van der Waals surface area contributed by atoms with E-state index >= 15 is 0 Å². The molecular weight excluding hydrogens is 232 g/mol. The van der Waals surface area contributed by atoms with E-state index < -0.39 is 6.10 Å². The molecule has 0 aromatic heterocycles. The van der Waals surface area contributed by atoms with E-state index in [1.807, 2.05) is 6.92 Å². The fourth-order valence-electron chi connectivity index (χ4n) is 2.19. The molecule has 0 radical (unpaired) electrons. The molecule has 0 spiro atoms. The average Bonchev–Trinajstić information content (AvgIpc) is 2.75. The van der Waals surface area contributed by atoms with Crippen molar-refractivity contribution in [2.45, 2.75) is 19.4 Å². The fraction of sp³-hybridized carbons (Fsp3) is 1.00. The van der Waals surface area contributed by atoms with E-state index in [1.54, 1.807) is 0 Å². The van der Waals surface area contributed by atoms with E-state index in [0.29, 0.717) is 33.0 Å². The number of hydrogen-bond donors (Lipinski definition) is 2. The van der Waals surface area contributed by atoms with Crippen molar-refractivity contribution in [3.8, 4) is 0 Å². The van der Waals surface area contributed by atoms with Gasteiger partial charge in [-0.3, -0.25) is 0 Å². The van der Waals surface area contributed by atoms with Crippen LogP contribution in [-0.4, -0.2) is 75.8 Å². The molecule has 0 aliphatic carbocycles. The summed E-state index contributed by atoms with van der Waals surface area (Å²) in [7, 11) is 2.15. The summed E-state index contributed by atoms with van der Waals surface area (Å²) in [5, 5.41) is 13.0. The van der Waals surface area contributed by atoms with Gasteiger partial charge in [-0.2, -0.15) is 0 Å². The predicted octanol–water partition coefficient (Wildman–Crippen LogP) is -0.0583. The van der Waals surface area contributed by atoms with Gasteiger partial charge in [0.15, 0.2) is 0 Å². The molecule has 1 fully saturated rings. The number of ether oxygens (including phenoxy) is 2. The Bertz CT molecular complexity index is 205. The topological polar surface area (TPSA) is 54.0 Å². The van der Waals surface area contributed by atoms with E-state index in [4.69, 9.17) is 9.47 Å². The van der Waals surface area contributed by atoms with Gasteiger partial charge >= 0.3 is 0 Å². The van der Waals surface area contributed by atoms with Gasteiger partial charge in [-0.1, -0.05) is 0 Å². The van der Waals surface area contributed by atoms with Crippen LogP contribution in [0.1, 0.15) is 13.3 Å². The third kappa shape index (κ3) is 7.28. The Balaban J connectivity index is 1.88. The lowest BCUT2D eigenvalue weighted by molar-refractivity contribution is 0.00633. The lowest BCUT2D eigenvalue weighted by atomic mass is 10.1. The Kier molecular flexibility index (Phi) is 8.54. The summed E-state index contributed by atoms with van der Waals surface area (Å²) in [6.45, 7) is 8.15. The number of aliphatic hydroxyl groups is 1. The van der Waals surface area contributed by atoms with E-state index in [2.05, 4.69) is 17.3 Å². The molecule has 0 bridgehead atoms. The molecule has 2 unspecified atom stereocenters. The highest BCUT2D eigenvalue weighted by Gasteiger charge is 2.18. The highest BCUT2D eigenvalue weighted by atomic mass is 16.5. The van der Waals surface area contributed by atoms with Crippen LogP contribution in [0.15, 0.2) is 0 Å². The maximum atomic E-state index is 9.69. The molecule has 1 heterocycles. The van der Waals surface area contributed by atoms with Gasteiger partial charge in [-0.15, -0.1) is 0 Å². The normalized spacial score (nSPS) is 22.5. The summed E-state index contributed by atoms with van der Waals surface area (Å²) in [5.74, 6) is 0.723. The number of likely N-dealkylation sites (tertiary alicyclic amines) is 1. The van der Waals surface area contributed by atoms with E-state index in [0.717, 1.165) is 19.0 Å². The van der Waals surface area contributed by atoms with Crippen LogP contribution in [0.5, 0.6) is 0 Å². The second-order valence-electron chi connectivity index (χ2n) is 5.00. The van der Waals surface area contributed by atoms with Crippen LogP contribution in [0.3, 0.4) is 0 Å². The molecule has 0 saturated carbocycles. The zero-order chi connectivity index (χ0) is 13.2. The summed E-state index contributed by atoms with van der Waals surface area (Å²) in [6, 6.07) is 0. The van der Waals surface area contributed by atoms with E-state index in [-0.39, 0.29) is 0 Å². The molecule has 0 aromatic rings. The van der Waals surface area contributed by atoms with Gasteiger partial charge in [0, 0.05) is 19.7 Å². The molecule has 18 heavy (non-hydrogen) atoms. The molecular formula is C13H28N2O3. The summed E-state index contributed by atoms with van der Waals surface area (Å²) in [6.07, 6.45) is 0.829. The summed E-state index contributed by atoms with van der Waals surface area (Å²) in [4.78, 5) is 2.35. The molecule has 2 atom stereocenters. The zero-order valence-electron chi connectivity index (χ0n) is 11.7. The fourth-order valence-corrected chi connectivity index (χ4v) is 2.19. The minimum absolute atomic E-state index is 0.380. The molecule has 0 amide bonds. The maximum Gasteiger partial charge on any atom is 0.0897 e. The predicted molar refractivity (Wildman–Crippen MR) is 71.8 cm³/mol. The largest absolute Gasteiger partial charge is 0.389 e. The van der Waals surface area contributed by atoms with Crippen molar-refractivity contribution in [3.05, 3.63) is 0 Å². The number of nitrogens with one attached hydrogen (secondary N) is 1. The summed E-state index contributed by atoms with van der Waals surface area (Å²) >= 11 is 0. The SMILES string of the molecule is CCOCCOCC(O)CNCC1CCN(C)C1.